The van der Waals surface area contributed by atoms with Crippen LogP contribution >= 0.6 is 11.6 Å². The van der Waals surface area contributed by atoms with Crippen LogP contribution in [-0.4, -0.2) is 9.13 Å². The highest BCUT2D eigenvalue weighted by atomic mass is 35.5. The Morgan fingerprint density at radius 1 is 1.27 bits per heavy atom. The lowest BCUT2D eigenvalue weighted by molar-refractivity contribution is 0.718. The van der Waals surface area contributed by atoms with Crippen LogP contribution in [0.1, 0.15) is 5.56 Å². The lowest BCUT2D eigenvalue weighted by Crippen LogP contribution is -2.22. The zero-order valence-electron chi connectivity index (χ0n) is 8.35. The highest BCUT2D eigenvalue weighted by Crippen LogP contribution is 2.15. The van der Waals surface area contributed by atoms with Gasteiger partial charge in [0.1, 0.15) is 0 Å². The number of imidazole rings is 1. The zero-order valence-corrected chi connectivity index (χ0v) is 9.11. The van der Waals surface area contributed by atoms with Crippen molar-refractivity contribution >= 4 is 11.6 Å². The number of benzene rings is 1. The molecule has 0 N–H and O–H groups in total. The van der Waals surface area contributed by atoms with Gasteiger partial charge in [-0.2, -0.15) is 0 Å². The SMILES string of the molecule is Cn1ccn(Cc2ccccc2Cl)c1=O. The molecule has 0 saturated heterocycles. The molecular formula is C11H11ClN2O. The van der Waals surface area contributed by atoms with Crippen molar-refractivity contribution in [1.29, 1.82) is 0 Å². The van der Waals surface area contributed by atoms with E-state index in [9.17, 15) is 4.79 Å². The molecule has 0 aliphatic carbocycles. The van der Waals surface area contributed by atoms with Crippen molar-refractivity contribution in [3.63, 3.8) is 0 Å². The molecule has 0 unspecified atom stereocenters. The summed E-state index contributed by atoms with van der Waals surface area (Å²) < 4.78 is 3.16. The van der Waals surface area contributed by atoms with Crippen LogP contribution in [0, 0.1) is 0 Å². The third kappa shape index (κ3) is 1.97. The second-order valence-corrected chi connectivity index (χ2v) is 3.82. The van der Waals surface area contributed by atoms with Gasteiger partial charge in [0.25, 0.3) is 0 Å². The molecular weight excluding hydrogens is 212 g/mol. The fourth-order valence-corrected chi connectivity index (χ4v) is 1.64. The normalized spacial score (nSPS) is 10.5. The molecule has 1 heterocycles. The molecule has 0 aliphatic heterocycles. The molecule has 15 heavy (non-hydrogen) atoms. The molecule has 78 valence electrons. The van der Waals surface area contributed by atoms with Crippen molar-refractivity contribution in [3.05, 3.63) is 57.7 Å². The first-order valence-electron chi connectivity index (χ1n) is 4.63. The third-order valence-corrected chi connectivity index (χ3v) is 2.68. The highest BCUT2D eigenvalue weighted by molar-refractivity contribution is 6.31. The van der Waals surface area contributed by atoms with Gasteiger partial charge in [-0.3, -0.25) is 4.57 Å². The smallest absolute Gasteiger partial charge is 0.302 e. The van der Waals surface area contributed by atoms with Crippen molar-refractivity contribution in [2.24, 2.45) is 7.05 Å². The summed E-state index contributed by atoms with van der Waals surface area (Å²) in [5.74, 6) is 0. The maximum Gasteiger partial charge on any atom is 0.328 e. The van der Waals surface area contributed by atoms with E-state index in [1.165, 1.54) is 4.57 Å². The van der Waals surface area contributed by atoms with Gasteiger partial charge in [-0.05, 0) is 11.6 Å². The minimum Gasteiger partial charge on any atom is -0.302 e. The first kappa shape index (κ1) is 10.1. The second-order valence-electron chi connectivity index (χ2n) is 3.41. The maximum absolute atomic E-state index is 11.6. The Kier molecular flexibility index (Phi) is 2.64. The van der Waals surface area contributed by atoms with E-state index in [2.05, 4.69) is 0 Å². The van der Waals surface area contributed by atoms with Crippen LogP contribution in [0.25, 0.3) is 0 Å². The van der Waals surface area contributed by atoms with Crippen molar-refractivity contribution < 1.29 is 0 Å². The summed E-state index contributed by atoms with van der Waals surface area (Å²) in [7, 11) is 1.73. The minimum absolute atomic E-state index is 0.0325. The van der Waals surface area contributed by atoms with E-state index in [0.29, 0.717) is 11.6 Å². The summed E-state index contributed by atoms with van der Waals surface area (Å²) in [5, 5.41) is 0.688. The molecule has 0 spiro atoms. The molecule has 1 aromatic heterocycles. The molecule has 0 aliphatic rings. The average molecular weight is 223 g/mol. The molecule has 2 rings (SSSR count). The van der Waals surface area contributed by atoms with E-state index in [-0.39, 0.29) is 5.69 Å². The van der Waals surface area contributed by atoms with Crippen LogP contribution in [-0.2, 0) is 13.6 Å². The number of hydrogen-bond donors (Lipinski definition) is 0. The molecule has 0 radical (unpaired) electrons. The summed E-state index contributed by atoms with van der Waals surface area (Å²) in [6.07, 6.45) is 3.49. The van der Waals surface area contributed by atoms with Crippen molar-refractivity contribution in [1.82, 2.24) is 9.13 Å². The Hall–Kier alpha value is -1.48. The highest BCUT2D eigenvalue weighted by Gasteiger charge is 2.03. The van der Waals surface area contributed by atoms with Gasteiger partial charge >= 0.3 is 5.69 Å². The van der Waals surface area contributed by atoms with E-state index < -0.39 is 0 Å². The van der Waals surface area contributed by atoms with E-state index in [4.69, 9.17) is 11.6 Å². The Labute approximate surface area is 92.5 Å². The Morgan fingerprint density at radius 2 is 2.00 bits per heavy atom. The Morgan fingerprint density at radius 3 is 2.60 bits per heavy atom. The monoisotopic (exact) mass is 222 g/mol. The van der Waals surface area contributed by atoms with Gasteiger partial charge in [0, 0.05) is 24.5 Å². The molecule has 2 aromatic rings. The average Bonchev–Trinajstić information content (AvgIpc) is 2.53. The predicted molar refractivity (Wildman–Crippen MR) is 60.2 cm³/mol. The van der Waals surface area contributed by atoms with Crippen LogP contribution in [0.3, 0.4) is 0 Å². The fourth-order valence-electron chi connectivity index (χ4n) is 1.44. The van der Waals surface area contributed by atoms with E-state index in [1.54, 1.807) is 24.0 Å². The first-order valence-corrected chi connectivity index (χ1v) is 5.01. The van der Waals surface area contributed by atoms with E-state index in [0.717, 1.165) is 5.56 Å². The third-order valence-electron chi connectivity index (χ3n) is 2.32. The number of nitrogens with zero attached hydrogens (tertiary/aromatic N) is 2. The van der Waals surface area contributed by atoms with E-state index in [1.807, 2.05) is 24.3 Å². The largest absolute Gasteiger partial charge is 0.328 e. The first-order chi connectivity index (χ1) is 7.18. The van der Waals surface area contributed by atoms with Crippen LogP contribution in [0.2, 0.25) is 5.02 Å². The number of hydrogen-bond acceptors (Lipinski definition) is 1. The lowest BCUT2D eigenvalue weighted by atomic mass is 10.2. The quantitative estimate of drug-likeness (QED) is 0.763. The van der Waals surface area contributed by atoms with Crippen LogP contribution in [0.15, 0.2) is 41.5 Å². The molecule has 0 amide bonds. The minimum atomic E-state index is -0.0325. The zero-order chi connectivity index (χ0) is 10.8. The molecule has 3 nitrogen and oxygen atoms in total. The van der Waals surface area contributed by atoms with Crippen LogP contribution in [0.4, 0.5) is 0 Å². The molecule has 1 aromatic carbocycles. The number of halogens is 1. The number of aromatic nitrogens is 2. The van der Waals surface area contributed by atoms with Crippen molar-refractivity contribution in [2.75, 3.05) is 0 Å². The second kappa shape index (κ2) is 3.95. The van der Waals surface area contributed by atoms with Gasteiger partial charge in [-0.15, -0.1) is 0 Å². The summed E-state index contributed by atoms with van der Waals surface area (Å²) >= 11 is 6.01. The Balaban J connectivity index is 2.34. The summed E-state index contributed by atoms with van der Waals surface area (Å²) in [4.78, 5) is 11.6. The Bertz CT molecular complexity index is 527. The van der Waals surface area contributed by atoms with Gasteiger partial charge in [0.05, 0.1) is 6.54 Å². The number of rotatable bonds is 2. The standard InChI is InChI=1S/C11H11ClN2O/c1-13-6-7-14(11(13)15)8-9-4-2-3-5-10(9)12/h2-7H,8H2,1H3. The summed E-state index contributed by atoms with van der Waals surface area (Å²) in [6, 6.07) is 7.53. The molecule has 0 bridgehead atoms. The lowest BCUT2D eigenvalue weighted by Gasteiger charge is -2.03. The van der Waals surface area contributed by atoms with Gasteiger partial charge in [0.2, 0.25) is 0 Å². The van der Waals surface area contributed by atoms with Crippen LogP contribution < -0.4 is 5.69 Å². The molecule has 4 heteroatoms. The number of aryl methyl sites for hydroxylation is 1. The maximum atomic E-state index is 11.6. The molecule has 0 fully saturated rings. The van der Waals surface area contributed by atoms with Crippen molar-refractivity contribution in [3.8, 4) is 0 Å². The predicted octanol–water partition coefficient (Wildman–Crippen LogP) is 1.89. The van der Waals surface area contributed by atoms with Crippen molar-refractivity contribution in [2.45, 2.75) is 6.54 Å². The van der Waals surface area contributed by atoms with Gasteiger partial charge in [-0.25, -0.2) is 4.79 Å². The topological polar surface area (TPSA) is 26.9 Å². The summed E-state index contributed by atoms with van der Waals surface area (Å²) in [6.45, 7) is 0.513. The van der Waals surface area contributed by atoms with Crippen LogP contribution in [0.5, 0.6) is 0 Å². The fraction of sp³-hybridized carbons (Fsp3) is 0.182. The van der Waals surface area contributed by atoms with Gasteiger partial charge in [-0.1, -0.05) is 29.8 Å². The van der Waals surface area contributed by atoms with Gasteiger partial charge in [0.15, 0.2) is 0 Å². The summed E-state index contributed by atoms with van der Waals surface area (Å²) in [5.41, 5.74) is 0.919. The molecule has 0 saturated carbocycles. The molecule has 0 atom stereocenters. The van der Waals surface area contributed by atoms with Gasteiger partial charge < -0.3 is 4.57 Å². The van der Waals surface area contributed by atoms with E-state index >= 15 is 0 Å².